The van der Waals surface area contributed by atoms with Crippen LogP contribution in [-0.2, 0) is 11.3 Å². The molecule has 1 heterocycles. The number of aryl methyl sites for hydroxylation is 1. The maximum absolute atomic E-state index is 5.61. The summed E-state index contributed by atoms with van der Waals surface area (Å²) in [6.07, 6.45) is 2.25. The highest BCUT2D eigenvalue weighted by Crippen LogP contribution is 2.35. The Balaban J connectivity index is 2.38. The molecule has 1 aliphatic rings. The van der Waals surface area contributed by atoms with E-state index in [1.807, 2.05) is 24.1 Å². The highest BCUT2D eigenvalue weighted by Gasteiger charge is 2.20. The molecule has 0 spiro atoms. The largest absolute Gasteiger partial charge is 0.494 e. The number of hydrogen-bond acceptors (Lipinski definition) is 3. The zero-order valence-corrected chi connectivity index (χ0v) is 9.32. The first-order valence-corrected chi connectivity index (χ1v) is 5.43. The Labute approximate surface area is 90.6 Å². The van der Waals surface area contributed by atoms with E-state index < -0.39 is 0 Å². The maximum Gasteiger partial charge on any atom is 0.144 e. The molecule has 1 aromatic carbocycles. The Hall–Kier alpha value is -1.22. The SMILES string of the molecule is CCON1CCCc2cccc(OC)c21. The van der Waals surface area contributed by atoms with Gasteiger partial charge in [0.2, 0.25) is 0 Å². The van der Waals surface area contributed by atoms with E-state index in [0.717, 1.165) is 30.8 Å². The Morgan fingerprint density at radius 2 is 2.27 bits per heavy atom. The lowest BCUT2D eigenvalue weighted by molar-refractivity contribution is 0.114. The normalized spacial score (nSPS) is 14.9. The lowest BCUT2D eigenvalue weighted by Crippen LogP contribution is -2.29. The van der Waals surface area contributed by atoms with E-state index in [2.05, 4.69) is 6.07 Å². The molecule has 0 amide bonds. The first-order valence-electron chi connectivity index (χ1n) is 5.43. The van der Waals surface area contributed by atoms with Gasteiger partial charge in [-0.05, 0) is 31.4 Å². The van der Waals surface area contributed by atoms with E-state index in [1.165, 1.54) is 5.56 Å². The average Bonchev–Trinajstić information content (AvgIpc) is 2.29. The van der Waals surface area contributed by atoms with Gasteiger partial charge in [0.05, 0.1) is 13.7 Å². The molecule has 0 saturated carbocycles. The minimum Gasteiger partial charge on any atom is -0.494 e. The fourth-order valence-electron chi connectivity index (χ4n) is 2.03. The van der Waals surface area contributed by atoms with E-state index in [9.17, 15) is 0 Å². The molecule has 0 fully saturated rings. The first kappa shape index (κ1) is 10.3. The van der Waals surface area contributed by atoms with E-state index in [4.69, 9.17) is 9.57 Å². The second-order valence-electron chi connectivity index (χ2n) is 3.59. The van der Waals surface area contributed by atoms with Crippen LogP contribution in [0.2, 0.25) is 0 Å². The maximum atomic E-state index is 5.61. The lowest BCUT2D eigenvalue weighted by atomic mass is 10.0. The molecule has 0 aromatic heterocycles. The standard InChI is InChI=1S/C12H17NO2/c1-3-15-13-9-5-7-10-6-4-8-11(14-2)12(10)13/h4,6,8H,3,5,7,9H2,1-2H3. The molecule has 0 radical (unpaired) electrons. The van der Waals surface area contributed by atoms with Crippen LogP contribution in [-0.4, -0.2) is 20.3 Å². The number of hydroxylamine groups is 1. The summed E-state index contributed by atoms with van der Waals surface area (Å²) in [7, 11) is 1.70. The predicted octanol–water partition coefficient (Wildman–Crippen LogP) is 2.40. The van der Waals surface area contributed by atoms with Gasteiger partial charge in [-0.2, -0.15) is 0 Å². The predicted molar refractivity (Wildman–Crippen MR) is 60.3 cm³/mol. The van der Waals surface area contributed by atoms with Gasteiger partial charge in [-0.25, -0.2) is 0 Å². The second kappa shape index (κ2) is 4.53. The molecule has 0 saturated heterocycles. The van der Waals surface area contributed by atoms with Crippen LogP contribution in [0.25, 0.3) is 0 Å². The quantitative estimate of drug-likeness (QED) is 0.759. The Kier molecular flexibility index (Phi) is 3.11. The summed E-state index contributed by atoms with van der Waals surface area (Å²) in [5.74, 6) is 0.903. The van der Waals surface area contributed by atoms with E-state index in [-0.39, 0.29) is 0 Å². The molecule has 0 N–H and O–H groups in total. The number of rotatable bonds is 3. The number of fused-ring (bicyclic) bond motifs is 1. The van der Waals surface area contributed by atoms with Crippen LogP contribution in [0, 0.1) is 0 Å². The van der Waals surface area contributed by atoms with Crippen molar-refractivity contribution in [3.8, 4) is 5.75 Å². The molecule has 3 heteroatoms. The van der Waals surface area contributed by atoms with E-state index in [0.29, 0.717) is 6.61 Å². The van der Waals surface area contributed by atoms with E-state index in [1.54, 1.807) is 7.11 Å². The Morgan fingerprint density at radius 3 is 3.00 bits per heavy atom. The summed E-state index contributed by atoms with van der Waals surface area (Å²) in [5.41, 5.74) is 2.42. The third kappa shape index (κ3) is 1.92. The molecule has 1 aromatic rings. The fourth-order valence-corrected chi connectivity index (χ4v) is 2.03. The van der Waals surface area contributed by atoms with Gasteiger partial charge in [0, 0.05) is 6.54 Å². The second-order valence-corrected chi connectivity index (χ2v) is 3.59. The van der Waals surface area contributed by atoms with Crippen molar-refractivity contribution in [1.29, 1.82) is 0 Å². The summed E-state index contributed by atoms with van der Waals surface area (Å²) >= 11 is 0. The number of hydrogen-bond donors (Lipinski definition) is 0. The van der Waals surface area contributed by atoms with Gasteiger partial charge in [-0.15, -0.1) is 0 Å². The zero-order chi connectivity index (χ0) is 10.7. The van der Waals surface area contributed by atoms with Crippen LogP contribution in [0.3, 0.4) is 0 Å². The van der Waals surface area contributed by atoms with Gasteiger partial charge in [-0.1, -0.05) is 12.1 Å². The number of methoxy groups -OCH3 is 1. The number of benzene rings is 1. The molecule has 2 rings (SSSR count). The molecule has 0 bridgehead atoms. The van der Waals surface area contributed by atoms with Gasteiger partial charge >= 0.3 is 0 Å². The summed E-state index contributed by atoms with van der Waals surface area (Å²) in [6.45, 7) is 3.64. The number of nitrogens with zero attached hydrogens (tertiary/aromatic N) is 1. The van der Waals surface area contributed by atoms with E-state index >= 15 is 0 Å². The highest BCUT2D eigenvalue weighted by atomic mass is 16.7. The molecule has 3 nitrogen and oxygen atoms in total. The van der Waals surface area contributed by atoms with Crippen LogP contribution in [0.1, 0.15) is 18.9 Å². The first-order chi connectivity index (χ1) is 7.36. The van der Waals surface area contributed by atoms with Crippen molar-refractivity contribution in [3.63, 3.8) is 0 Å². The Morgan fingerprint density at radius 1 is 1.40 bits per heavy atom. The molecular formula is C12H17NO2. The molecular weight excluding hydrogens is 190 g/mol. The Bertz CT molecular complexity index is 324. The molecule has 82 valence electrons. The van der Waals surface area contributed by atoms with Crippen molar-refractivity contribution in [2.75, 3.05) is 25.3 Å². The van der Waals surface area contributed by atoms with Crippen LogP contribution < -0.4 is 9.80 Å². The van der Waals surface area contributed by atoms with Crippen molar-refractivity contribution in [1.82, 2.24) is 0 Å². The van der Waals surface area contributed by atoms with Crippen molar-refractivity contribution < 1.29 is 9.57 Å². The van der Waals surface area contributed by atoms with Crippen molar-refractivity contribution >= 4 is 5.69 Å². The summed E-state index contributed by atoms with van der Waals surface area (Å²) < 4.78 is 5.37. The summed E-state index contributed by atoms with van der Waals surface area (Å²) in [5, 5.41) is 1.96. The van der Waals surface area contributed by atoms with Crippen LogP contribution >= 0.6 is 0 Å². The molecule has 0 unspecified atom stereocenters. The van der Waals surface area contributed by atoms with Crippen molar-refractivity contribution in [2.45, 2.75) is 19.8 Å². The third-order valence-electron chi connectivity index (χ3n) is 2.64. The number of ether oxygens (including phenoxy) is 1. The van der Waals surface area contributed by atoms with Gasteiger partial charge in [0.15, 0.2) is 0 Å². The van der Waals surface area contributed by atoms with Crippen LogP contribution in [0.4, 0.5) is 5.69 Å². The van der Waals surface area contributed by atoms with Gasteiger partial charge in [0.1, 0.15) is 11.4 Å². The monoisotopic (exact) mass is 207 g/mol. The lowest BCUT2D eigenvalue weighted by Gasteiger charge is -2.30. The molecule has 15 heavy (non-hydrogen) atoms. The number of anilines is 1. The minimum absolute atomic E-state index is 0.692. The topological polar surface area (TPSA) is 21.7 Å². The average molecular weight is 207 g/mol. The van der Waals surface area contributed by atoms with Gasteiger partial charge in [-0.3, -0.25) is 9.90 Å². The van der Waals surface area contributed by atoms with Crippen LogP contribution in [0.15, 0.2) is 18.2 Å². The molecule has 1 aliphatic heterocycles. The number of para-hydroxylation sites is 1. The summed E-state index contributed by atoms with van der Waals surface area (Å²) in [4.78, 5) is 5.61. The smallest absolute Gasteiger partial charge is 0.144 e. The van der Waals surface area contributed by atoms with Crippen LogP contribution in [0.5, 0.6) is 5.75 Å². The van der Waals surface area contributed by atoms with Gasteiger partial charge in [0.25, 0.3) is 0 Å². The van der Waals surface area contributed by atoms with Crippen molar-refractivity contribution in [3.05, 3.63) is 23.8 Å². The summed E-state index contributed by atoms with van der Waals surface area (Å²) in [6, 6.07) is 6.16. The zero-order valence-electron chi connectivity index (χ0n) is 9.32. The van der Waals surface area contributed by atoms with Gasteiger partial charge < -0.3 is 4.74 Å². The molecule has 0 atom stereocenters. The minimum atomic E-state index is 0.692. The third-order valence-corrected chi connectivity index (χ3v) is 2.64. The molecule has 0 aliphatic carbocycles. The van der Waals surface area contributed by atoms with Crippen molar-refractivity contribution in [2.24, 2.45) is 0 Å². The highest BCUT2D eigenvalue weighted by molar-refractivity contribution is 5.63. The fraction of sp³-hybridized carbons (Fsp3) is 0.500.